The number of carbonyl (C=O) groups is 1. The average molecular weight is 424 g/mol. The van der Waals surface area contributed by atoms with Crippen LogP contribution in [0.1, 0.15) is 11.1 Å². The summed E-state index contributed by atoms with van der Waals surface area (Å²) in [6.07, 6.45) is 5.01. The molecule has 3 aromatic rings. The fourth-order valence-corrected chi connectivity index (χ4v) is 5.59. The van der Waals surface area contributed by atoms with Crippen molar-refractivity contribution in [3.8, 4) is 0 Å². The third-order valence-corrected chi connectivity index (χ3v) is 7.36. The van der Waals surface area contributed by atoms with E-state index in [-0.39, 0.29) is 16.8 Å². The molecule has 2 heterocycles. The largest absolute Gasteiger partial charge is 0.361 e. The van der Waals surface area contributed by atoms with Gasteiger partial charge in [0.2, 0.25) is 5.91 Å². The van der Waals surface area contributed by atoms with Gasteiger partial charge in [-0.25, -0.2) is 8.42 Å². The molecule has 1 aliphatic heterocycles. The summed E-state index contributed by atoms with van der Waals surface area (Å²) < 4.78 is 25.1. The number of aromatic nitrogens is 1. The van der Waals surface area contributed by atoms with E-state index in [4.69, 9.17) is 0 Å². The molecule has 2 aliphatic rings. The molecule has 0 unspecified atom stereocenters. The monoisotopic (exact) mass is 423 g/mol. The van der Waals surface area contributed by atoms with E-state index in [1.165, 1.54) is 30.1 Å². The summed E-state index contributed by atoms with van der Waals surface area (Å²) in [6, 6.07) is 14.5. The van der Waals surface area contributed by atoms with Crippen molar-refractivity contribution < 1.29 is 18.5 Å². The predicted octanol–water partition coefficient (Wildman–Crippen LogP) is 1.02. The maximum absolute atomic E-state index is 13.0. The zero-order valence-electron chi connectivity index (χ0n) is 16.5. The summed E-state index contributed by atoms with van der Waals surface area (Å²) in [6.45, 7) is 0.583. The second-order valence-corrected chi connectivity index (χ2v) is 9.52. The number of amides is 1. The summed E-state index contributed by atoms with van der Waals surface area (Å²) in [5, 5.41) is 4.50. The lowest BCUT2D eigenvalue weighted by Crippen LogP contribution is -2.93. The number of hydrogen-bond acceptors (Lipinski definition) is 3. The maximum Gasteiger partial charge on any atom is 0.257 e. The number of hydrogen-bond donors (Lipinski definition) is 3. The first kappa shape index (κ1) is 19.0. The highest BCUT2D eigenvalue weighted by atomic mass is 32.2. The molecule has 5 rings (SSSR count). The summed E-state index contributed by atoms with van der Waals surface area (Å²) in [4.78, 5) is 18.9. The molecule has 7 nitrogen and oxygen atoms in total. The molecular weight excluding hydrogens is 400 g/mol. The summed E-state index contributed by atoms with van der Waals surface area (Å²) in [5.74, 6) is -0.681. The Hall–Kier alpha value is -2.94. The lowest BCUT2D eigenvalue weighted by molar-refractivity contribution is -0.681. The standard InChI is InChI=1S/C22H22N4O3S/c1-26(25-30(28,29)16-6-3-2-4-7-16)22(27)15-10-18-17-8-5-9-19-21(17)14(12-23-19)11-20(18)24-13-15/h2-10,12,15,20,23-25H,11,13H2,1H3/p+1/t15-,20-/m1/s1. The van der Waals surface area contributed by atoms with Gasteiger partial charge in [0.1, 0.15) is 12.0 Å². The van der Waals surface area contributed by atoms with Crippen molar-refractivity contribution in [2.75, 3.05) is 13.6 Å². The number of H-pyrrole nitrogens is 1. The van der Waals surface area contributed by atoms with Crippen molar-refractivity contribution in [3.63, 3.8) is 0 Å². The number of sulfonamides is 1. The van der Waals surface area contributed by atoms with Crippen molar-refractivity contribution >= 4 is 32.4 Å². The zero-order valence-corrected chi connectivity index (χ0v) is 17.3. The molecular formula is C22H23N4O3S+. The number of nitrogens with zero attached hydrogens (tertiary/aromatic N) is 1. The van der Waals surface area contributed by atoms with Gasteiger partial charge in [0, 0.05) is 36.1 Å². The smallest absolute Gasteiger partial charge is 0.257 e. The molecule has 0 radical (unpaired) electrons. The fourth-order valence-electron chi connectivity index (χ4n) is 4.52. The molecule has 4 N–H and O–H groups in total. The first-order chi connectivity index (χ1) is 14.4. The molecule has 154 valence electrons. The van der Waals surface area contributed by atoms with Crippen molar-refractivity contribution in [3.05, 3.63) is 71.9 Å². The molecule has 30 heavy (non-hydrogen) atoms. The van der Waals surface area contributed by atoms with Gasteiger partial charge in [0.05, 0.1) is 11.4 Å². The number of nitrogens with one attached hydrogen (secondary N) is 2. The SMILES string of the molecule is CN(NS(=O)(=O)c1ccccc1)C(=O)[C@@H]1C=C2c3cccc4[nH]cc(c34)C[C@H]2[NH2+]C1. The normalized spacial score (nSPS) is 20.5. The molecule has 0 saturated heterocycles. The molecule has 8 heteroatoms. The van der Waals surface area contributed by atoms with E-state index in [0.29, 0.717) is 6.54 Å². The molecule has 0 saturated carbocycles. The number of hydrazine groups is 1. The summed E-state index contributed by atoms with van der Waals surface area (Å²) in [5.41, 5.74) is 4.71. The van der Waals surface area contributed by atoms with Crippen LogP contribution in [0, 0.1) is 5.92 Å². The molecule has 0 spiro atoms. The van der Waals surface area contributed by atoms with Crippen molar-refractivity contribution in [2.45, 2.75) is 17.4 Å². The maximum atomic E-state index is 13.0. The van der Waals surface area contributed by atoms with Crippen LogP contribution in [0.4, 0.5) is 0 Å². The van der Waals surface area contributed by atoms with Crippen LogP contribution in [-0.4, -0.2) is 44.0 Å². The van der Waals surface area contributed by atoms with Crippen LogP contribution in [0.25, 0.3) is 16.5 Å². The van der Waals surface area contributed by atoms with Gasteiger partial charge >= 0.3 is 0 Å². The van der Waals surface area contributed by atoms with E-state index in [1.807, 2.05) is 12.1 Å². The topological polar surface area (TPSA) is 98.9 Å². The molecule has 2 aromatic carbocycles. The van der Waals surface area contributed by atoms with Crippen LogP contribution in [0.15, 0.2) is 65.7 Å². The van der Waals surface area contributed by atoms with Crippen LogP contribution >= 0.6 is 0 Å². The molecule has 0 bridgehead atoms. The Morgan fingerprint density at radius 1 is 1.17 bits per heavy atom. The van der Waals surface area contributed by atoms with Gasteiger partial charge in [-0.2, -0.15) is 0 Å². The zero-order chi connectivity index (χ0) is 20.9. The minimum atomic E-state index is -3.81. The average Bonchev–Trinajstić information content (AvgIpc) is 3.17. The van der Waals surface area contributed by atoms with Crippen molar-refractivity contribution in [1.29, 1.82) is 0 Å². The Bertz CT molecular complexity index is 1260. The number of benzene rings is 2. The number of rotatable bonds is 4. The van der Waals surface area contributed by atoms with E-state index in [2.05, 4.69) is 33.5 Å². The number of quaternary nitrogens is 1. The van der Waals surface area contributed by atoms with E-state index in [1.54, 1.807) is 18.2 Å². The Labute approximate surface area is 174 Å². The second kappa shape index (κ2) is 7.09. The highest BCUT2D eigenvalue weighted by Crippen LogP contribution is 2.36. The number of nitrogens with two attached hydrogens (primary N) is 1. The molecule has 1 aliphatic carbocycles. The van der Waals surface area contributed by atoms with Gasteiger partial charge in [-0.15, -0.1) is 4.83 Å². The summed E-state index contributed by atoms with van der Waals surface area (Å²) >= 11 is 0. The number of carbonyl (C=O) groups excluding carboxylic acids is 1. The predicted molar refractivity (Wildman–Crippen MR) is 114 cm³/mol. The second-order valence-electron chi connectivity index (χ2n) is 7.86. The van der Waals surface area contributed by atoms with Crippen molar-refractivity contribution in [1.82, 2.24) is 14.8 Å². The van der Waals surface area contributed by atoms with Gasteiger partial charge in [0.15, 0.2) is 0 Å². The lowest BCUT2D eigenvalue weighted by atomic mass is 9.80. The van der Waals surface area contributed by atoms with Gasteiger partial charge in [0.25, 0.3) is 10.0 Å². The number of aromatic amines is 1. The van der Waals surface area contributed by atoms with Gasteiger partial charge in [-0.3, -0.25) is 9.80 Å². The van der Waals surface area contributed by atoms with Crippen molar-refractivity contribution in [2.24, 2.45) is 5.92 Å². The first-order valence-electron chi connectivity index (χ1n) is 9.93. The van der Waals surface area contributed by atoms with Crippen LogP contribution in [-0.2, 0) is 21.2 Å². The van der Waals surface area contributed by atoms with Crippen LogP contribution in [0.2, 0.25) is 0 Å². The Morgan fingerprint density at radius 2 is 1.97 bits per heavy atom. The van der Waals surface area contributed by atoms with Gasteiger partial charge in [-0.1, -0.05) is 36.4 Å². The van der Waals surface area contributed by atoms with Gasteiger partial charge in [-0.05, 0) is 29.3 Å². The molecule has 1 amide bonds. The van der Waals surface area contributed by atoms with E-state index >= 15 is 0 Å². The fraction of sp³-hybridized carbons (Fsp3) is 0.227. The van der Waals surface area contributed by atoms with Crippen LogP contribution in [0.3, 0.4) is 0 Å². The Balaban J connectivity index is 1.42. The van der Waals surface area contributed by atoms with Crippen LogP contribution in [0.5, 0.6) is 0 Å². The van der Waals surface area contributed by atoms with Crippen LogP contribution < -0.4 is 10.1 Å². The van der Waals surface area contributed by atoms with E-state index in [0.717, 1.165) is 28.1 Å². The van der Waals surface area contributed by atoms with E-state index in [9.17, 15) is 13.2 Å². The Kier molecular flexibility index (Phi) is 4.50. The lowest BCUT2D eigenvalue weighted by Gasteiger charge is -2.31. The number of fused-ring (bicyclic) bond motifs is 2. The minimum absolute atomic E-state index is 0.122. The first-order valence-corrected chi connectivity index (χ1v) is 11.4. The highest BCUT2D eigenvalue weighted by molar-refractivity contribution is 7.89. The molecule has 1 aromatic heterocycles. The highest BCUT2D eigenvalue weighted by Gasteiger charge is 2.36. The third kappa shape index (κ3) is 3.13. The molecule has 2 atom stereocenters. The Morgan fingerprint density at radius 3 is 2.77 bits per heavy atom. The van der Waals surface area contributed by atoms with Gasteiger partial charge < -0.3 is 10.3 Å². The molecule has 0 fully saturated rings. The summed E-state index contributed by atoms with van der Waals surface area (Å²) in [7, 11) is -2.35. The third-order valence-electron chi connectivity index (χ3n) is 5.95. The quantitative estimate of drug-likeness (QED) is 0.547. The van der Waals surface area contributed by atoms with E-state index < -0.39 is 15.9 Å². The minimum Gasteiger partial charge on any atom is -0.361 e.